The van der Waals surface area contributed by atoms with Crippen LogP contribution in [0.1, 0.15) is 42.5 Å². The SMILES string of the molecule is C=CCC1(CCC(=O)OC)CCCN(C(=O)c2ccccc2)C1. The van der Waals surface area contributed by atoms with Gasteiger partial charge in [0.25, 0.3) is 5.91 Å². The van der Waals surface area contributed by atoms with Crippen molar-refractivity contribution < 1.29 is 14.3 Å². The number of methoxy groups -OCH3 is 1. The lowest BCUT2D eigenvalue weighted by Crippen LogP contribution is -2.46. The fraction of sp³-hybridized carbons (Fsp3) is 0.474. The number of hydrogen-bond donors (Lipinski definition) is 0. The largest absolute Gasteiger partial charge is 0.469 e. The molecule has 23 heavy (non-hydrogen) atoms. The van der Waals surface area contributed by atoms with Crippen LogP contribution in [0.25, 0.3) is 0 Å². The molecule has 2 rings (SSSR count). The quantitative estimate of drug-likeness (QED) is 0.597. The molecule has 0 aromatic heterocycles. The van der Waals surface area contributed by atoms with Crippen LogP contribution in [0.5, 0.6) is 0 Å². The van der Waals surface area contributed by atoms with Gasteiger partial charge >= 0.3 is 5.97 Å². The molecule has 1 aliphatic rings. The number of ether oxygens (including phenoxy) is 1. The van der Waals surface area contributed by atoms with Gasteiger partial charge in [0, 0.05) is 25.1 Å². The Kier molecular flexibility index (Phi) is 5.97. The van der Waals surface area contributed by atoms with Gasteiger partial charge in [-0.15, -0.1) is 6.58 Å². The zero-order valence-corrected chi connectivity index (χ0v) is 13.8. The number of carbonyl (C=O) groups is 2. The summed E-state index contributed by atoms with van der Waals surface area (Å²) in [6.07, 6.45) is 5.78. The lowest BCUT2D eigenvalue weighted by Gasteiger charge is -2.42. The van der Waals surface area contributed by atoms with Crippen molar-refractivity contribution in [3.05, 3.63) is 48.6 Å². The van der Waals surface area contributed by atoms with E-state index in [4.69, 9.17) is 4.74 Å². The molecule has 4 heteroatoms. The monoisotopic (exact) mass is 315 g/mol. The molecule has 0 aliphatic carbocycles. The average molecular weight is 315 g/mol. The minimum atomic E-state index is -0.194. The van der Waals surface area contributed by atoms with Crippen molar-refractivity contribution >= 4 is 11.9 Å². The fourth-order valence-corrected chi connectivity index (χ4v) is 3.39. The summed E-state index contributed by atoms with van der Waals surface area (Å²) < 4.78 is 4.76. The average Bonchev–Trinajstić information content (AvgIpc) is 2.60. The number of piperidine rings is 1. The summed E-state index contributed by atoms with van der Waals surface area (Å²) in [6.45, 7) is 5.29. The molecule has 4 nitrogen and oxygen atoms in total. The summed E-state index contributed by atoms with van der Waals surface area (Å²) in [5.41, 5.74) is 0.647. The summed E-state index contributed by atoms with van der Waals surface area (Å²) in [6, 6.07) is 9.36. The molecule has 1 saturated heterocycles. The Morgan fingerprint density at radius 3 is 2.74 bits per heavy atom. The molecule has 1 unspecified atom stereocenters. The normalized spacial score (nSPS) is 20.8. The molecule has 1 heterocycles. The van der Waals surface area contributed by atoms with Gasteiger partial charge in [-0.3, -0.25) is 9.59 Å². The molecule has 1 aliphatic heterocycles. The molecule has 0 saturated carbocycles. The van der Waals surface area contributed by atoms with Gasteiger partial charge in [-0.25, -0.2) is 0 Å². The highest BCUT2D eigenvalue weighted by Gasteiger charge is 2.36. The second-order valence-corrected chi connectivity index (χ2v) is 6.27. The van der Waals surface area contributed by atoms with Crippen molar-refractivity contribution in [2.75, 3.05) is 20.2 Å². The summed E-state index contributed by atoms with van der Waals surface area (Å²) >= 11 is 0. The number of amides is 1. The summed E-state index contributed by atoms with van der Waals surface area (Å²) in [5, 5.41) is 0. The van der Waals surface area contributed by atoms with Gasteiger partial charge in [0.05, 0.1) is 7.11 Å². The third-order valence-electron chi connectivity index (χ3n) is 4.63. The van der Waals surface area contributed by atoms with Crippen molar-refractivity contribution in [3.8, 4) is 0 Å². The Labute approximate surface area is 138 Å². The third kappa shape index (κ3) is 4.44. The Morgan fingerprint density at radius 1 is 1.35 bits per heavy atom. The Morgan fingerprint density at radius 2 is 2.09 bits per heavy atom. The van der Waals surface area contributed by atoms with Gasteiger partial charge in [0.1, 0.15) is 0 Å². The van der Waals surface area contributed by atoms with Crippen molar-refractivity contribution in [3.63, 3.8) is 0 Å². The Balaban J connectivity index is 2.10. The van der Waals surface area contributed by atoms with Crippen molar-refractivity contribution in [2.24, 2.45) is 5.41 Å². The van der Waals surface area contributed by atoms with Gasteiger partial charge < -0.3 is 9.64 Å². The van der Waals surface area contributed by atoms with Crippen LogP contribution >= 0.6 is 0 Å². The van der Waals surface area contributed by atoms with E-state index >= 15 is 0 Å². The van der Waals surface area contributed by atoms with E-state index in [0.717, 1.165) is 37.8 Å². The van der Waals surface area contributed by atoms with E-state index in [1.807, 2.05) is 41.3 Å². The van der Waals surface area contributed by atoms with Crippen LogP contribution in [-0.2, 0) is 9.53 Å². The van der Waals surface area contributed by atoms with E-state index in [1.54, 1.807) is 0 Å². The van der Waals surface area contributed by atoms with E-state index in [9.17, 15) is 9.59 Å². The molecule has 0 radical (unpaired) electrons. The maximum Gasteiger partial charge on any atom is 0.305 e. The predicted octanol–water partition coefficient (Wildman–Crippen LogP) is 3.44. The zero-order valence-electron chi connectivity index (χ0n) is 13.8. The van der Waals surface area contributed by atoms with Crippen LogP contribution in [0.15, 0.2) is 43.0 Å². The number of nitrogens with zero attached hydrogens (tertiary/aromatic N) is 1. The van der Waals surface area contributed by atoms with Crippen LogP contribution in [0.4, 0.5) is 0 Å². The standard InChI is InChI=1S/C19H25NO3/c1-3-11-19(13-10-17(21)23-2)12-7-14-20(15-19)18(22)16-8-5-4-6-9-16/h3-6,8-9H,1,7,10-15H2,2H3. The second kappa shape index (κ2) is 7.95. The minimum Gasteiger partial charge on any atom is -0.469 e. The summed E-state index contributed by atoms with van der Waals surface area (Å²) in [4.78, 5) is 26.1. The smallest absolute Gasteiger partial charge is 0.305 e. The molecule has 0 bridgehead atoms. The van der Waals surface area contributed by atoms with Crippen LogP contribution in [0.3, 0.4) is 0 Å². The van der Waals surface area contributed by atoms with Gasteiger partial charge in [-0.05, 0) is 43.2 Å². The third-order valence-corrected chi connectivity index (χ3v) is 4.63. The molecule has 0 spiro atoms. The molecule has 1 atom stereocenters. The molecular weight excluding hydrogens is 290 g/mol. The Bertz CT molecular complexity index is 555. The predicted molar refractivity (Wildman–Crippen MR) is 90.1 cm³/mol. The number of hydrogen-bond acceptors (Lipinski definition) is 3. The molecule has 1 aromatic rings. The minimum absolute atomic E-state index is 0.0665. The maximum absolute atomic E-state index is 12.7. The molecule has 124 valence electrons. The van der Waals surface area contributed by atoms with Crippen LogP contribution in [0, 0.1) is 5.41 Å². The van der Waals surface area contributed by atoms with E-state index in [-0.39, 0.29) is 17.3 Å². The van der Waals surface area contributed by atoms with Gasteiger partial charge in [0.15, 0.2) is 0 Å². The number of allylic oxidation sites excluding steroid dienone is 1. The molecular formula is C19H25NO3. The van der Waals surface area contributed by atoms with E-state index in [1.165, 1.54) is 7.11 Å². The van der Waals surface area contributed by atoms with Gasteiger partial charge in [-0.2, -0.15) is 0 Å². The fourth-order valence-electron chi connectivity index (χ4n) is 3.39. The molecule has 1 fully saturated rings. The van der Waals surface area contributed by atoms with Crippen LogP contribution in [0.2, 0.25) is 0 Å². The zero-order chi connectivity index (χ0) is 16.7. The second-order valence-electron chi connectivity index (χ2n) is 6.27. The molecule has 1 aromatic carbocycles. The van der Waals surface area contributed by atoms with Crippen LogP contribution < -0.4 is 0 Å². The van der Waals surface area contributed by atoms with Gasteiger partial charge in [0.2, 0.25) is 0 Å². The Hall–Kier alpha value is -2.10. The highest BCUT2D eigenvalue weighted by atomic mass is 16.5. The topological polar surface area (TPSA) is 46.6 Å². The summed E-state index contributed by atoms with van der Waals surface area (Å²) in [7, 11) is 1.41. The molecule has 1 amide bonds. The first-order valence-electron chi connectivity index (χ1n) is 8.12. The summed E-state index contributed by atoms with van der Waals surface area (Å²) in [5.74, 6) is -0.128. The first kappa shape index (κ1) is 17.3. The number of benzene rings is 1. The van der Waals surface area contributed by atoms with Crippen molar-refractivity contribution in [1.29, 1.82) is 0 Å². The lowest BCUT2D eigenvalue weighted by molar-refractivity contribution is -0.141. The number of esters is 1. The number of carbonyl (C=O) groups excluding carboxylic acids is 2. The highest BCUT2D eigenvalue weighted by Crippen LogP contribution is 2.38. The van der Waals surface area contributed by atoms with Gasteiger partial charge in [-0.1, -0.05) is 24.3 Å². The number of likely N-dealkylation sites (tertiary alicyclic amines) is 1. The van der Waals surface area contributed by atoms with E-state index < -0.39 is 0 Å². The maximum atomic E-state index is 12.7. The van der Waals surface area contributed by atoms with Crippen LogP contribution in [-0.4, -0.2) is 37.0 Å². The first-order chi connectivity index (χ1) is 11.1. The van der Waals surface area contributed by atoms with Crippen molar-refractivity contribution in [1.82, 2.24) is 4.90 Å². The van der Waals surface area contributed by atoms with E-state index in [0.29, 0.717) is 13.0 Å². The first-order valence-corrected chi connectivity index (χ1v) is 8.12. The highest BCUT2D eigenvalue weighted by molar-refractivity contribution is 5.94. The van der Waals surface area contributed by atoms with E-state index in [2.05, 4.69) is 6.58 Å². The molecule has 0 N–H and O–H groups in total. The lowest BCUT2D eigenvalue weighted by atomic mass is 9.73. The number of rotatable bonds is 6. The van der Waals surface area contributed by atoms with Crippen molar-refractivity contribution in [2.45, 2.75) is 32.1 Å².